The van der Waals surface area contributed by atoms with Crippen molar-refractivity contribution >= 4 is 22.8 Å². The number of nitrogens with zero attached hydrogens (tertiary/aromatic N) is 1. The highest BCUT2D eigenvalue weighted by Gasteiger charge is 2.33. The Hall–Kier alpha value is -1.29. The SMILES string of the molecule is O=C(Cl)C1CC(=O)N(Cc2ccco2)C1. The van der Waals surface area contributed by atoms with Crippen LogP contribution in [0.3, 0.4) is 0 Å². The minimum Gasteiger partial charge on any atom is -0.467 e. The summed E-state index contributed by atoms with van der Waals surface area (Å²) in [5.41, 5.74) is 0. The monoisotopic (exact) mass is 227 g/mol. The van der Waals surface area contributed by atoms with E-state index >= 15 is 0 Å². The lowest BCUT2D eigenvalue weighted by molar-refractivity contribution is -0.128. The number of furan rings is 1. The van der Waals surface area contributed by atoms with Gasteiger partial charge in [0.1, 0.15) is 5.76 Å². The van der Waals surface area contributed by atoms with E-state index in [9.17, 15) is 9.59 Å². The Balaban J connectivity index is 2.00. The Morgan fingerprint density at radius 3 is 3.00 bits per heavy atom. The molecule has 0 bridgehead atoms. The van der Waals surface area contributed by atoms with Crippen LogP contribution in [0.5, 0.6) is 0 Å². The van der Waals surface area contributed by atoms with Crippen molar-refractivity contribution in [2.45, 2.75) is 13.0 Å². The highest BCUT2D eigenvalue weighted by atomic mass is 35.5. The van der Waals surface area contributed by atoms with Gasteiger partial charge in [-0.2, -0.15) is 0 Å². The number of hydrogen-bond donors (Lipinski definition) is 0. The number of likely N-dealkylation sites (tertiary alicyclic amines) is 1. The van der Waals surface area contributed by atoms with E-state index in [-0.39, 0.29) is 18.2 Å². The first-order chi connectivity index (χ1) is 7.16. The van der Waals surface area contributed by atoms with Gasteiger partial charge >= 0.3 is 0 Å². The van der Waals surface area contributed by atoms with Crippen molar-refractivity contribution < 1.29 is 14.0 Å². The maximum absolute atomic E-state index is 11.5. The van der Waals surface area contributed by atoms with E-state index in [1.54, 1.807) is 23.3 Å². The average Bonchev–Trinajstić information content (AvgIpc) is 2.77. The molecule has 0 saturated carbocycles. The quantitative estimate of drug-likeness (QED) is 0.734. The van der Waals surface area contributed by atoms with Gasteiger partial charge < -0.3 is 9.32 Å². The average molecular weight is 228 g/mol. The van der Waals surface area contributed by atoms with Gasteiger partial charge in [0.05, 0.1) is 18.7 Å². The van der Waals surface area contributed by atoms with Gasteiger partial charge in [0.2, 0.25) is 11.1 Å². The number of carbonyl (C=O) groups excluding carboxylic acids is 2. The number of carbonyl (C=O) groups is 2. The van der Waals surface area contributed by atoms with E-state index in [2.05, 4.69) is 0 Å². The summed E-state index contributed by atoms with van der Waals surface area (Å²) < 4.78 is 5.13. The van der Waals surface area contributed by atoms with E-state index in [0.717, 1.165) is 0 Å². The Bertz CT molecular complexity index is 374. The van der Waals surface area contributed by atoms with Crippen LogP contribution in [-0.4, -0.2) is 22.6 Å². The maximum Gasteiger partial charge on any atom is 0.227 e. The van der Waals surface area contributed by atoms with E-state index in [1.807, 2.05) is 0 Å². The molecule has 1 unspecified atom stereocenters. The molecular formula is C10H10ClNO3. The predicted octanol–water partition coefficient (Wildman–Crippen LogP) is 1.39. The Morgan fingerprint density at radius 2 is 2.47 bits per heavy atom. The molecule has 1 aromatic heterocycles. The summed E-state index contributed by atoms with van der Waals surface area (Å²) in [6.45, 7) is 0.800. The fourth-order valence-electron chi connectivity index (χ4n) is 1.67. The maximum atomic E-state index is 11.5. The summed E-state index contributed by atoms with van der Waals surface area (Å²) in [5, 5.41) is -0.440. The molecule has 2 rings (SSSR count). The molecule has 1 saturated heterocycles. The molecule has 0 radical (unpaired) electrons. The van der Waals surface area contributed by atoms with Crippen molar-refractivity contribution in [2.75, 3.05) is 6.54 Å². The summed E-state index contributed by atoms with van der Waals surface area (Å²) in [6, 6.07) is 3.56. The number of amides is 1. The van der Waals surface area contributed by atoms with Gasteiger partial charge in [0.25, 0.3) is 0 Å². The molecule has 1 amide bonds. The molecule has 1 aromatic rings. The van der Waals surface area contributed by atoms with E-state index in [0.29, 0.717) is 18.8 Å². The first-order valence-electron chi connectivity index (χ1n) is 4.66. The molecule has 0 N–H and O–H groups in total. The van der Waals surface area contributed by atoms with Crippen molar-refractivity contribution in [2.24, 2.45) is 5.92 Å². The third-order valence-corrected chi connectivity index (χ3v) is 2.77. The zero-order valence-electron chi connectivity index (χ0n) is 7.98. The highest BCUT2D eigenvalue weighted by molar-refractivity contribution is 6.64. The third kappa shape index (κ3) is 2.21. The molecule has 1 fully saturated rings. The van der Waals surface area contributed by atoms with Gasteiger partial charge in [0.15, 0.2) is 0 Å². The number of rotatable bonds is 3. The molecule has 15 heavy (non-hydrogen) atoms. The first-order valence-corrected chi connectivity index (χ1v) is 5.04. The molecule has 4 nitrogen and oxygen atoms in total. The Morgan fingerprint density at radius 1 is 1.67 bits per heavy atom. The number of halogens is 1. The predicted molar refractivity (Wildman–Crippen MR) is 53.1 cm³/mol. The molecule has 0 aliphatic carbocycles. The standard InChI is InChI=1S/C10H10ClNO3/c11-10(14)7-4-9(13)12(5-7)6-8-2-1-3-15-8/h1-3,7H,4-6H2. The fourth-order valence-corrected chi connectivity index (χ4v) is 1.81. The van der Waals surface area contributed by atoms with Gasteiger partial charge in [-0.15, -0.1) is 0 Å². The van der Waals surface area contributed by atoms with Gasteiger partial charge in [-0.1, -0.05) is 0 Å². The minimum absolute atomic E-state index is 0.0506. The molecule has 1 aliphatic heterocycles. The second-order valence-electron chi connectivity index (χ2n) is 3.56. The second-order valence-corrected chi connectivity index (χ2v) is 3.93. The molecule has 1 atom stereocenters. The first kappa shape index (κ1) is 10.2. The summed E-state index contributed by atoms with van der Waals surface area (Å²) in [6.07, 6.45) is 1.77. The lowest BCUT2D eigenvalue weighted by Crippen LogP contribution is -2.24. The van der Waals surface area contributed by atoms with Gasteiger partial charge in [-0.05, 0) is 23.7 Å². The zero-order valence-corrected chi connectivity index (χ0v) is 8.74. The molecule has 2 heterocycles. The van der Waals surface area contributed by atoms with Crippen LogP contribution in [0.25, 0.3) is 0 Å². The Kier molecular flexibility index (Phi) is 2.77. The molecule has 0 aromatic carbocycles. The third-order valence-electron chi connectivity index (χ3n) is 2.46. The molecule has 5 heteroatoms. The number of hydrogen-bond acceptors (Lipinski definition) is 3. The largest absolute Gasteiger partial charge is 0.467 e. The minimum atomic E-state index is -0.440. The van der Waals surface area contributed by atoms with Crippen molar-refractivity contribution in [3.63, 3.8) is 0 Å². The van der Waals surface area contributed by atoms with Crippen molar-refractivity contribution in [3.05, 3.63) is 24.2 Å². The van der Waals surface area contributed by atoms with Crippen LogP contribution in [0.4, 0.5) is 0 Å². The molecule has 80 valence electrons. The van der Waals surface area contributed by atoms with Crippen LogP contribution in [0, 0.1) is 5.92 Å². The Labute approximate surface area is 91.8 Å². The van der Waals surface area contributed by atoms with E-state index in [4.69, 9.17) is 16.0 Å². The van der Waals surface area contributed by atoms with Gasteiger partial charge in [-0.25, -0.2) is 0 Å². The topological polar surface area (TPSA) is 50.5 Å². The van der Waals surface area contributed by atoms with Crippen molar-refractivity contribution in [1.29, 1.82) is 0 Å². The summed E-state index contributed by atoms with van der Waals surface area (Å²) in [4.78, 5) is 24.0. The van der Waals surface area contributed by atoms with Gasteiger partial charge in [-0.3, -0.25) is 9.59 Å². The lowest BCUT2D eigenvalue weighted by Gasteiger charge is -2.13. The van der Waals surface area contributed by atoms with Crippen LogP contribution < -0.4 is 0 Å². The van der Waals surface area contributed by atoms with Crippen LogP contribution in [0.15, 0.2) is 22.8 Å². The normalized spacial score (nSPS) is 21.0. The van der Waals surface area contributed by atoms with Crippen molar-refractivity contribution in [1.82, 2.24) is 4.90 Å². The van der Waals surface area contributed by atoms with Crippen molar-refractivity contribution in [3.8, 4) is 0 Å². The fraction of sp³-hybridized carbons (Fsp3) is 0.400. The summed E-state index contributed by atoms with van der Waals surface area (Å²) >= 11 is 5.36. The molecule has 0 spiro atoms. The highest BCUT2D eigenvalue weighted by Crippen LogP contribution is 2.22. The van der Waals surface area contributed by atoms with Crippen LogP contribution in [-0.2, 0) is 16.1 Å². The van der Waals surface area contributed by atoms with E-state index in [1.165, 1.54) is 0 Å². The van der Waals surface area contributed by atoms with Gasteiger partial charge in [0, 0.05) is 13.0 Å². The summed E-state index contributed by atoms with van der Waals surface area (Å²) in [5.74, 6) is 0.297. The van der Waals surface area contributed by atoms with Crippen LogP contribution in [0.2, 0.25) is 0 Å². The smallest absolute Gasteiger partial charge is 0.227 e. The van der Waals surface area contributed by atoms with Crippen LogP contribution in [0.1, 0.15) is 12.2 Å². The molecular weight excluding hydrogens is 218 g/mol. The van der Waals surface area contributed by atoms with Crippen LogP contribution >= 0.6 is 11.6 Å². The van der Waals surface area contributed by atoms with E-state index < -0.39 is 5.24 Å². The zero-order chi connectivity index (χ0) is 10.8. The lowest BCUT2D eigenvalue weighted by atomic mass is 10.1. The second kappa shape index (κ2) is 4.06. The molecule has 1 aliphatic rings. The summed E-state index contributed by atoms with van der Waals surface area (Å²) in [7, 11) is 0.